The van der Waals surface area contributed by atoms with Crippen molar-refractivity contribution in [2.45, 2.75) is 23.1 Å². The van der Waals surface area contributed by atoms with Crippen molar-refractivity contribution >= 4 is 38.9 Å². The zero-order valence-corrected chi connectivity index (χ0v) is 12.9. The number of halogens is 1. The maximum atomic E-state index is 12.6. The Kier molecular flexibility index (Phi) is 5.03. The lowest BCUT2D eigenvalue weighted by Crippen LogP contribution is -2.45. The molecule has 1 N–H and O–H groups in total. The summed E-state index contributed by atoms with van der Waals surface area (Å²) in [4.78, 5) is 11.0. The van der Waals surface area contributed by atoms with Crippen LogP contribution in [0.15, 0.2) is 15.7 Å². The highest BCUT2D eigenvalue weighted by molar-refractivity contribution is 7.91. The van der Waals surface area contributed by atoms with E-state index in [9.17, 15) is 13.2 Å². The van der Waals surface area contributed by atoms with Crippen molar-refractivity contribution in [3.8, 4) is 0 Å². The summed E-state index contributed by atoms with van der Waals surface area (Å²) in [5.41, 5.74) is 0. The molecular formula is C11H14ClNO5S2. The molecular weight excluding hydrogens is 326 g/mol. The first-order valence-electron chi connectivity index (χ1n) is 5.97. The van der Waals surface area contributed by atoms with Gasteiger partial charge in [0.2, 0.25) is 0 Å². The minimum Gasteiger partial charge on any atom is -0.480 e. The molecule has 0 aliphatic carbocycles. The smallest absolute Gasteiger partial charge is 0.318 e. The molecule has 1 aromatic heterocycles. The Labute approximate surface area is 126 Å². The molecule has 1 aromatic rings. The zero-order valence-electron chi connectivity index (χ0n) is 10.5. The van der Waals surface area contributed by atoms with Crippen LogP contribution in [0.3, 0.4) is 0 Å². The molecule has 0 unspecified atom stereocenters. The van der Waals surface area contributed by atoms with Gasteiger partial charge < -0.3 is 9.84 Å². The van der Waals surface area contributed by atoms with Crippen LogP contribution in [0.1, 0.15) is 12.8 Å². The Morgan fingerprint density at radius 1 is 1.50 bits per heavy atom. The van der Waals surface area contributed by atoms with Crippen molar-refractivity contribution in [1.82, 2.24) is 4.31 Å². The second-order valence-corrected chi connectivity index (χ2v) is 7.75. The molecule has 1 aliphatic rings. The lowest BCUT2D eigenvalue weighted by Gasteiger charge is -2.31. The highest BCUT2D eigenvalue weighted by atomic mass is 35.5. The summed E-state index contributed by atoms with van der Waals surface area (Å²) in [6, 6.07) is 1.12. The molecule has 112 valence electrons. The molecule has 0 radical (unpaired) electrons. The predicted molar refractivity (Wildman–Crippen MR) is 74.7 cm³/mol. The zero-order chi connectivity index (χ0) is 14.8. The van der Waals surface area contributed by atoms with E-state index in [1.807, 2.05) is 0 Å². The van der Waals surface area contributed by atoms with Gasteiger partial charge in [0.05, 0.1) is 5.02 Å². The molecule has 1 fully saturated rings. The number of thiophene rings is 1. The average molecular weight is 340 g/mol. The van der Waals surface area contributed by atoms with Crippen LogP contribution in [0, 0.1) is 0 Å². The van der Waals surface area contributed by atoms with Gasteiger partial charge in [0, 0.05) is 19.3 Å². The molecule has 0 bridgehead atoms. The second-order valence-electron chi connectivity index (χ2n) is 4.34. The van der Waals surface area contributed by atoms with Crippen molar-refractivity contribution in [1.29, 1.82) is 0 Å². The Bertz CT molecular complexity index is 579. The van der Waals surface area contributed by atoms with Crippen LogP contribution in [-0.4, -0.2) is 49.6 Å². The number of carboxylic acid groups (broad SMARTS) is 1. The molecule has 20 heavy (non-hydrogen) atoms. The van der Waals surface area contributed by atoms with Crippen LogP contribution >= 0.6 is 22.9 Å². The first-order valence-corrected chi connectivity index (χ1v) is 8.67. The monoisotopic (exact) mass is 339 g/mol. The summed E-state index contributed by atoms with van der Waals surface area (Å²) in [6.45, 7) is 0.282. The molecule has 0 amide bonds. The van der Waals surface area contributed by atoms with Gasteiger partial charge in [-0.25, -0.2) is 8.42 Å². The molecule has 0 spiro atoms. The van der Waals surface area contributed by atoms with Gasteiger partial charge in [0.25, 0.3) is 10.0 Å². The third-order valence-electron chi connectivity index (χ3n) is 3.02. The van der Waals surface area contributed by atoms with Gasteiger partial charge in [0.1, 0.15) is 6.54 Å². The minimum atomic E-state index is -3.90. The molecule has 1 saturated heterocycles. The molecule has 0 aromatic carbocycles. The summed E-state index contributed by atoms with van der Waals surface area (Å²) in [5, 5.41) is 10.7. The SMILES string of the molecule is O=C(O)CN(C1CCOCC1)S(=O)(=O)c1sccc1Cl. The number of nitrogens with zero attached hydrogens (tertiary/aromatic N) is 1. The molecule has 2 rings (SSSR count). The highest BCUT2D eigenvalue weighted by Gasteiger charge is 2.36. The molecule has 0 saturated carbocycles. The lowest BCUT2D eigenvalue weighted by atomic mass is 10.1. The van der Waals surface area contributed by atoms with E-state index in [1.165, 1.54) is 6.07 Å². The van der Waals surface area contributed by atoms with E-state index in [-0.39, 0.29) is 15.3 Å². The molecule has 0 atom stereocenters. The van der Waals surface area contributed by atoms with Gasteiger partial charge in [-0.15, -0.1) is 11.3 Å². The van der Waals surface area contributed by atoms with Crippen LogP contribution in [0.4, 0.5) is 0 Å². The third kappa shape index (κ3) is 3.32. The molecule has 6 nitrogen and oxygen atoms in total. The van der Waals surface area contributed by atoms with Gasteiger partial charge in [-0.2, -0.15) is 4.31 Å². The number of sulfonamides is 1. The van der Waals surface area contributed by atoms with Crippen molar-refractivity contribution in [2.75, 3.05) is 19.8 Å². The maximum absolute atomic E-state index is 12.6. The minimum absolute atomic E-state index is 0.00749. The number of hydrogen-bond acceptors (Lipinski definition) is 5. The van der Waals surface area contributed by atoms with Crippen LogP contribution < -0.4 is 0 Å². The fraction of sp³-hybridized carbons (Fsp3) is 0.545. The van der Waals surface area contributed by atoms with Crippen LogP contribution in [0.2, 0.25) is 5.02 Å². The van der Waals surface area contributed by atoms with E-state index in [0.29, 0.717) is 26.1 Å². The Morgan fingerprint density at radius 2 is 2.15 bits per heavy atom. The van der Waals surface area contributed by atoms with Gasteiger partial charge in [-0.1, -0.05) is 11.6 Å². The quantitative estimate of drug-likeness (QED) is 0.882. The van der Waals surface area contributed by atoms with Gasteiger partial charge in [-0.05, 0) is 24.3 Å². The second kappa shape index (κ2) is 6.40. The largest absolute Gasteiger partial charge is 0.480 e. The predicted octanol–water partition coefficient (Wildman–Crippen LogP) is 1.66. The topological polar surface area (TPSA) is 83.9 Å². The number of hydrogen-bond donors (Lipinski definition) is 1. The Morgan fingerprint density at radius 3 is 2.65 bits per heavy atom. The maximum Gasteiger partial charge on any atom is 0.318 e. The summed E-state index contributed by atoms with van der Waals surface area (Å²) < 4.78 is 31.4. The van der Waals surface area contributed by atoms with E-state index in [1.54, 1.807) is 5.38 Å². The van der Waals surface area contributed by atoms with Crippen molar-refractivity contribution < 1.29 is 23.1 Å². The number of rotatable bonds is 5. The Hall–Kier alpha value is -0.670. The van der Waals surface area contributed by atoms with Crippen LogP contribution in [0.25, 0.3) is 0 Å². The van der Waals surface area contributed by atoms with Gasteiger partial charge in [0.15, 0.2) is 4.21 Å². The van der Waals surface area contributed by atoms with E-state index in [2.05, 4.69) is 0 Å². The standard InChI is InChI=1S/C11H14ClNO5S2/c12-9-3-6-19-11(9)20(16,17)13(7-10(14)15)8-1-4-18-5-2-8/h3,6,8H,1-2,4-5,7H2,(H,14,15). The van der Waals surface area contributed by atoms with E-state index >= 15 is 0 Å². The number of aliphatic carboxylic acids is 1. The van der Waals surface area contributed by atoms with Crippen molar-refractivity contribution in [3.63, 3.8) is 0 Å². The van der Waals surface area contributed by atoms with E-state index in [0.717, 1.165) is 15.6 Å². The fourth-order valence-electron chi connectivity index (χ4n) is 2.09. The molecule has 1 aliphatic heterocycles. The van der Waals surface area contributed by atoms with E-state index < -0.39 is 22.5 Å². The van der Waals surface area contributed by atoms with Crippen molar-refractivity contribution in [3.05, 3.63) is 16.5 Å². The summed E-state index contributed by atoms with van der Waals surface area (Å²) in [5.74, 6) is -1.19. The Balaban J connectivity index is 2.34. The average Bonchev–Trinajstić information content (AvgIpc) is 2.83. The number of carbonyl (C=O) groups is 1. The normalized spacial score (nSPS) is 17.5. The number of carboxylic acids is 1. The first kappa shape index (κ1) is 15.7. The molecule has 2 heterocycles. The molecule has 9 heteroatoms. The van der Waals surface area contributed by atoms with Gasteiger partial charge in [-0.3, -0.25) is 4.79 Å². The van der Waals surface area contributed by atoms with E-state index in [4.69, 9.17) is 21.4 Å². The van der Waals surface area contributed by atoms with Crippen LogP contribution in [-0.2, 0) is 19.6 Å². The number of ether oxygens (including phenoxy) is 1. The van der Waals surface area contributed by atoms with Crippen molar-refractivity contribution in [2.24, 2.45) is 0 Å². The first-order chi connectivity index (χ1) is 9.43. The fourth-order valence-corrected chi connectivity index (χ4v) is 5.51. The highest BCUT2D eigenvalue weighted by Crippen LogP contribution is 2.32. The van der Waals surface area contributed by atoms with Crippen LogP contribution in [0.5, 0.6) is 0 Å². The summed E-state index contributed by atoms with van der Waals surface area (Å²) >= 11 is 6.87. The summed E-state index contributed by atoms with van der Waals surface area (Å²) in [7, 11) is -3.90. The third-order valence-corrected chi connectivity index (χ3v) is 6.92. The van der Waals surface area contributed by atoms with Gasteiger partial charge >= 0.3 is 5.97 Å². The summed E-state index contributed by atoms with van der Waals surface area (Å²) in [6.07, 6.45) is 0.963. The lowest BCUT2D eigenvalue weighted by molar-refractivity contribution is -0.137.